The van der Waals surface area contributed by atoms with E-state index in [1.807, 2.05) is 27.7 Å². The number of aromatic amines is 1. The van der Waals surface area contributed by atoms with Gasteiger partial charge in [0.15, 0.2) is 5.13 Å². The third kappa shape index (κ3) is 3.56. The number of H-pyrrole nitrogens is 1. The molecule has 0 aromatic carbocycles. The number of esters is 1. The van der Waals surface area contributed by atoms with Crippen molar-refractivity contribution in [1.29, 1.82) is 0 Å². The molecule has 0 saturated carbocycles. The van der Waals surface area contributed by atoms with E-state index in [0.29, 0.717) is 12.2 Å². The van der Waals surface area contributed by atoms with Crippen LogP contribution < -0.4 is 5.32 Å². The van der Waals surface area contributed by atoms with E-state index in [2.05, 4.69) is 15.3 Å². The first-order valence-corrected chi connectivity index (χ1v) is 8.21. The van der Waals surface area contributed by atoms with Gasteiger partial charge >= 0.3 is 5.97 Å². The maximum Gasteiger partial charge on any atom is 0.339 e. The van der Waals surface area contributed by atoms with E-state index in [1.54, 1.807) is 18.4 Å². The average Bonchev–Trinajstić information content (AvgIpc) is 2.98. The van der Waals surface area contributed by atoms with Crippen LogP contribution in [0.25, 0.3) is 11.4 Å². The van der Waals surface area contributed by atoms with Crippen molar-refractivity contribution >= 4 is 22.4 Å². The second-order valence-electron chi connectivity index (χ2n) is 5.54. The fourth-order valence-electron chi connectivity index (χ4n) is 2.59. The molecule has 0 radical (unpaired) electrons. The van der Waals surface area contributed by atoms with Gasteiger partial charge in [0.1, 0.15) is 5.69 Å². The molecule has 0 unspecified atom stereocenters. The number of aromatic nitrogens is 2. The normalized spacial score (nSPS) is 12.3. The molecule has 0 spiro atoms. The summed E-state index contributed by atoms with van der Waals surface area (Å²) in [6.45, 7) is 8.45. The topological polar surface area (TPSA) is 76.2 Å². The van der Waals surface area contributed by atoms with Gasteiger partial charge in [0.25, 0.3) is 0 Å². The van der Waals surface area contributed by atoms with E-state index >= 15 is 0 Å². The minimum atomic E-state index is -0.331. The van der Waals surface area contributed by atoms with Gasteiger partial charge in [-0.1, -0.05) is 0 Å². The van der Waals surface area contributed by atoms with Crippen LogP contribution in [0.1, 0.15) is 33.4 Å². The molecule has 2 aromatic rings. The SMILES string of the molecule is COC[C@H](C)Nc1nc(-c2[nH]c(C)c(C(=O)OC)c2C)c(C)s1. The van der Waals surface area contributed by atoms with Gasteiger partial charge in [-0.15, -0.1) is 11.3 Å². The zero-order valence-electron chi connectivity index (χ0n) is 14.4. The summed E-state index contributed by atoms with van der Waals surface area (Å²) in [6.07, 6.45) is 0. The molecule has 1 atom stereocenters. The summed E-state index contributed by atoms with van der Waals surface area (Å²) in [4.78, 5) is 20.9. The fourth-order valence-corrected chi connectivity index (χ4v) is 3.52. The third-order valence-corrected chi connectivity index (χ3v) is 4.55. The molecule has 2 aromatic heterocycles. The summed E-state index contributed by atoms with van der Waals surface area (Å²) in [6, 6.07) is 0.176. The number of thiazole rings is 1. The molecule has 0 saturated heterocycles. The number of ether oxygens (including phenoxy) is 2. The Morgan fingerprint density at radius 2 is 2.04 bits per heavy atom. The van der Waals surface area contributed by atoms with Crippen LogP contribution >= 0.6 is 11.3 Å². The van der Waals surface area contributed by atoms with Crippen molar-refractivity contribution in [3.63, 3.8) is 0 Å². The van der Waals surface area contributed by atoms with Crippen molar-refractivity contribution in [2.24, 2.45) is 0 Å². The lowest BCUT2D eigenvalue weighted by molar-refractivity contribution is 0.0599. The minimum absolute atomic E-state index is 0.176. The summed E-state index contributed by atoms with van der Waals surface area (Å²) in [5.41, 5.74) is 3.96. The van der Waals surface area contributed by atoms with Crippen molar-refractivity contribution in [1.82, 2.24) is 9.97 Å². The van der Waals surface area contributed by atoms with Crippen molar-refractivity contribution in [2.45, 2.75) is 33.7 Å². The minimum Gasteiger partial charge on any atom is -0.465 e. The van der Waals surface area contributed by atoms with E-state index in [1.165, 1.54) is 7.11 Å². The van der Waals surface area contributed by atoms with Crippen LogP contribution in [0.3, 0.4) is 0 Å². The highest BCUT2D eigenvalue weighted by atomic mass is 32.1. The zero-order chi connectivity index (χ0) is 17.1. The molecule has 126 valence electrons. The lowest BCUT2D eigenvalue weighted by Gasteiger charge is -2.10. The van der Waals surface area contributed by atoms with Gasteiger partial charge in [0, 0.05) is 23.7 Å². The largest absolute Gasteiger partial charge is 0.465 e. The summed E-state index contributed by atoms with van der Waals surface area (Å²) in [5.74, 6) is -0.331. The van der Waals surface area contributed by atoms with E-state index in [0.717, 1.165) is 32.7 Å². The van der Waals surface area contributed by atoms with E-state index in [4.69, 9.17) is 9.47 Å². The number of aryl methyl sites for hydroxylation is 2. The Bertz CT molecular complexity index is 706. The summed E-state index contributed by atoms with van der Waals surface area (Å²) in [7, 11) is 3.07. The highest BCUT2D eigenvalue weighted by molar-refractivity contribution is 7.16. The molecule has 0 amide bonds. The maximum absolute atomic E-state index is 11.9. The van der Waals surface area contributed by atoms with E-state index in [9.17, 15) is 4.79 Å². The molecule has 2 N–H and O–H groups in total. The molecule has 7 heteroatoms. The number of nitrogens with one attached hydrogen (secondary N) is 2. The first-order valence-electron chi connectivity index (χ1n) is 7.39. The van der Waals surface area contributed by atoms with Gasteiger partial charge in [-0.05, 0) is 33.3 Å². The Labute approximate surface area is 140 Å². The van der Waals surface area contributed by atoms with Gasteiger partial charge in [-0.2, -0.15) is 0 Å². The average molecular weight is 337 g/mol. The number of hydrogen-bond acceptors (Lipinski definition) is 6. The Morgan fingerprint density at radius 3 is 2.65 bits per heavy atom. The highest BCUT2D eigenvalue weighted by Gasteiger charge is 2.22. The predicted molar refractivity (Wildman–Crippen MR) is 92.4 cm³/mol. The zero-order valence-corrected chi connectivity index (χ0v) is 15.2. The fraction of sp³-hybridized carbons (Fsp3) is 0.500. The summed E-state index contributed by atoms with van der Waals surface area (Å²) in [5, 5.41) is 4.17. The smallest absolute Gasteiger partial charge is 0.339 e. The van der Waals surface area contributed by atoms with Crippen molar-refractivity contribution < 1.29 is 14.3 Å². The number of carbonyl (C=O) groups is 1. The van der Waals surface area contributed by atoms with Gasteiger partial charge < -0.3 is 19.8 Å². The first-order chi connectivity index (χ1) is 10.9. The summed E-state index contributed by atoms with van der Waals surface area (Å²) >= 11 is 1.59. The molecule has 6 nitrogen and oxygen atoms in total. The van der Waals surface area contributed by atoms with Gasteiger partial charge in [-0.3, -0.25) is 0 Å². The molecular formula is C16H23N3O3S. The number of anilines is 1. The van der Waals surface area contributed by atoms with Crippen LogP contribution in [-0.2, 0) is 9.47 Å². The number of rotatable bonds is 6. The maximum atomic E-state index is 11.9. The Hall–Kier alpha value is -1.86. The third-order valence-electron chi connectivity index (χ3n) is 3.65. The standard InChI is InChI=1S/C16H23N3O3S/c1-8(7-21-5)17-16-19-14(11(4)23-16)13-9(2)12(10(3)18-13)15(20)22-6/h8,18H,7H2,1-6H3,(H,17,19)/t8-/m0/s1. The molecule has 0 fully saturated rings. The second kappa shape index (κ2) is 7.14. The van der Waals surface area contributed by atoms with Crippen LogP contribution in [0.2, 0.25) is 0 Å². The molecular weight excluding hydrogens is 314 g/mol. The number of nitrogens with zero attached hydrogens (tertiary/aromatic N) is 1. The van der Waals surface area contributed by atoms with Gasteiger partial charge in [0.05, 0.1) is 25.0 Å². The van der Waals surface area contributed by atoms with Crippen LogP contribution in [-0.4, -0.2) is 42.8 Å². The number of hydrogen-bond donors (Lipinski definition) is 2. The van der Waals surface area contributed by atoms with Crippen molar-refractivity contribution in [2.75, 3.05) is 26.1 Å². The quantitative estimate of drug-likeness (QED) is 0.791. The number of carbonyl (C=O) groups excluding carboxylic acids is 1. The van der Waals surface area contributed by atoms with Gasteiger partial charge in [-0.25, -0.2) is 9.78 Å². The van der Waals surface area contributed by atoms with Crippen LogP contribution in [0.15, 0.2) is 0 Å². The predicted octanol–water partition coefficient (Wildman–Crippen LogP) is 3.30. The van der Waals surface area contributed by atoms with Crippen LogP contribution in [0, 0.1) is 20.8 Å². The van der Waals surface area contributed by atoms with Gasteiger partial charge in [0.2, 0.25) is 0 Å². The first kappa shape index (κ1) is 17.5. The molecule has 0 aliphatic carbocycles. The van der Waals surface area contributed by atoms with Crippen LogP contribution in [0.5, 0.6) is 0 Å². The Kier molecular flexibility index (Phi) is 5.43. The van der Waals surface area contributed by atoms with E-state index in [-0.39, 0.29) is 12.0 Å². The Morgan fingerprint density at radius 1 is 1.35 bits per heavy atom. The molecule has 0 bridgehead atoms. The van der Waals surface area contributed by atoms with Crippen molar-refractivity contribution in [3.8, 4) is 11.4 Å². The molecule has 0 aliphatic rings. The lowest BCUT2D eigenvalue weighted by atomic mass is 10.1. The van der Waals surface area contributed by atoms with E-state index < -0.39 is 0 Å². The molecule has 2 heterocycles. The molecule has 2 rings (SSSR count). The highest BCUT2D eigenvalue weighted by Crippen LogP contribution is 2.34. The second-order valence-corrected chi connectivity index (χ2v) is 6.74. The summed E-state index contributed by atoms with van der Waals surface area (Å²) < 4.78 is 9.99. The van der Waals surface area contributed by atoms with Crippen molar-refractivity contribution in [3.05, 3.63) is 21.7 Å². The molecule has 23 heavy (non-hydrogen) atoms. The monoisotopic (exact) mass is 337 g/mol. The Balaban J connectivity index is 2.36. The molecule has 0 aliphatic heterocycles. The number of methoxy groups -OCH3 is 2. The van der Waals surface area contributed by atoms with Crippen LogP contribution in [0.4, 0.5) is 5.13 Å². The lowest BCUT2D eigenvalue weighted by Crippen LogP contribution is -2.20.